The van der Waals surface area contributed by atoms with Gasteiger partial charge in [-0.1, -0.05) is 20.8 Å². The van der Waals surface area contributed by atoms with Crippen molar-refractivity contribution >= 4 is 23.3 Å². The monoisotopic (exact) mass is 504 g/mol. The lowest BCUT2D eigenvalue weighted by Crippen LogP contribution is -2.47. The molecule has 10 heteroatoms. The fraction of sp³-hybridized carbons (Fsp3) is 0.423. The topological polar surface area (TPSA) is 74.2 Å². The molecule has 36 heavy (non-hydrogen) atoms. The molecule has 0 radical (unpaired) electrons. The Kier molecular flexibility index (Phi) is 8.95. The number of benzene rings is 2. The zero-order valence-corrected chi connectivity index (χ0v) is 20.6. The first kappa shape index (κ1) is 27.0. The summed E-state index contributed by atoms with van der Waals surface area (Å²) in [7, 11) is 0. The van der Waals surface area contributed by atoms with Gasteiger partial charge in [-0.2, -0.15) is 18.3 Å². The van der Waals surface area contributed by atoms with Gasteiger partial charge in [-0.05, 0) is 61.4 Å². The van der Waals surface area contributed by atoms with E-state index in [1.807, 2.05) is 38.1 Å². The summed E-state index contributed by atoms with van der Waals surface area (Å²) in [6.07, 6.45) is -2.54. The van der Waals surface area contributed by atoms with E-state index in [-0.39, 0.29) is 18.1 Å². The van der Waals surface area contributed by atoms with Crippen molar-refractivity contribution in [1.29, 1.82) is 0 Å². The van der Waals surface area contributed by atoms with Crippen LogP contribution in [0.15, 0.2) is 53.6 Å². The van der Waals surface area contributed by atoms with Crippen LogP contribution in [-0.4, -0.2) is 53.3 Å². The summed E-state index contributed by atoms with van der Waals surface area (Å²) in [6, 6.07) is 10.5. The summed E-state index contributed by atoms with van der Waals surface area (Å²) in [5.41, 5.74) is 0.718. The minimum atomic E-state index is -4.46. The zero-order chi connectivity index (χ0) is 26.3. The van der Waals surface area contributed by atoms with Crippen LogP contribution in [0.1, 0.15) is 51.2 Å². The molecule has 7 nitrogen and oxygen atoms in total. The maximum absolute atomic E-state index is 13.0. The highest BCUT2D eigenvalue weighted by Gasteiger charge is 2.37. The fourth-order valence-electron chi connectivity index (χ4n) is 3.88. The molecule has 0 fully saturated rings. The molecule has 1 aliphatic heterocycles. The van der Waals surface area contributed by atoms with Gasteiger partial charge in [-0.25, -0.2) is 9.80 Å². The number of urea groups is 1. The molecule has 2 aromatic carbocycles. The van der Waals surface area contributed by atoms with Crippen molar-refractivity contribution in [3.63, 3.8) is 0 Å². The molecule has 2 aromatic rings. The van der Waals surface area contributed by atoms with Gasteiger partial charge in [-0.3, -0.25) is 4.79 Å². The molecule has 3 rings (SSSR count). The van der Waals surface area contributed by atoms with Gasteiger partial charge in [0.15, 0.2) is 0 Å². The minimum Gasteiger partial charge on any atom is -0.494 e. The molecular weight excluding hydrogens is 473 g/mol. The van der Waals surface area contributed by atoms with Crippen LogP contribution in [-0.2, 0) is 11.0 Å². The Morgan fingerprint density at radius 3 is 2.28 bits per heavy atom. The van der Waals surface area contributed by atoms with Crippen molar-refractivity contribution in [3.05, 3.63) is 59.7 Å². The van der Waals surface area contributed by atoms with Crippen molar-refractivity contribution < 1.29 is 27.5 Å². The summed E-state index contributed by atoms with van der Waals surface area (Å²) in [4.78, 5) is 27.5. The zero-order valence-electron chi connectivity index (χ0n) is 20.6. The lowest BCUT2D eigenvalue weighted by atomic mass is 10.0. The van der Waals surface area contributed by atoms with Crippen LogP contribution in [0.25, 0.3) is 0 Å². The van der Waals surface area contributed by atoms with Crippen LogP contribution < -0.4 is 10.1 Å². The molecule has 3 amide bonds. The summed E-state index contributed by atoms with van der Waals surface area (Å²) in [5, 5.41) is 8.33. The molecule has 0 bridgehead atoms. The number of nitrogens with zero attached hydrogens (tertiary/aromatic N) is 3. The number of hydrazone groups is 1. The highest BCUT2D eigenvalue weighted by molar-refractivity contribution is 6.08. The Balaban J connectivity index is 1.86. The van der Waals surface area contributed by atoms with Gasteiger partial charge < -0.3 is 15.0 Å². The Morgan fingerprint density at radius 1 is 1.06 bits per heavy atom. The molecule has 1 heterocycles. The maximum atomic E-state index is 13.0. The first-order valence-corrected chi connectivity index (χ1v) is 12.0. The summed E-state index contributed by atoms with van der Waals surface area (Å²) >= 11 is 0. The van der Waals surface area contributed by atoms with E-state index in [1.165, 1.54) is 17.1 Å². The molecular formula is C26H31F3N4O3. The molecule has 0 spiro atoms. The number of halogens is 3. The second kappa shape index (κ2) is 11.9. The van der Waals surface area contributed by atoms with Gasteiger partial charge in [0.1, 0.15) is 5.75 Å². The van der Waals surface area contributed by atoms with Crippen LogP contribution in [0.5, 0.6) is 5.75 Å². The van der Waals surface area contributed by atoms with Crippen LogP contribution in [0, 0.1) is 0 Å². The fourth-order valence-corrected chi connectivity index (χ4v) is 3.88. The number of anilines is 1. The normalized spacial score (nSPS) is 15.4. The first-order chi connectivity index (χ1) is 17.2. The Hall–Kier alpha value is -3.56. The number of hydrogen-bond donors (Lipinski definition) is 1. The third kappa shape index (κ3) is 6.56. The number of ether oxygens (including phenoxy) is 1. The molecule has 0 saturated heterocycles. The number of nitrogens with one attached hydrogen (secondary N) is 1. The van der Waals surface area contributed by atoms with E-state index in [4.69, 9.17) is 4.74 Å². The lowest BCUT2D eigenvalue weighted by molar-refractivity contribution is -0.137. The molecule has 1 aliphatic rings. The van der Waals surface area contributed by atoms with Gasteiger partial charge in [0.05, 0.1) is 30.5 Å². The Bertz CT molecular complexity index is 1070. The summed E-state index contributed by atoms with van der Waals surface area (Å²) < 4.78 is 44.2. The third-order valence-corrected chi connectivity index (χ3v) is 5.67. The molecule has 1 atom stereocenters. The van der Waals surface area contributed by atoms with Gasteiger partial charge >= 0.3 is 12.2 Å². The molecule has 194 valence electrons. The van der Waals surface area contributed by atoms with Crippen LogP contribution >= 0.6 is 0 Å². The van der Waals surface area contributed by atoms with Crippen LogP contribution in [0.2, 0.25) is 0 Å². The second-order valence-corrected chi connectivity index (χ2v) is 8.40. The number of carbonyl (C=O) groups is 2. The smallest absolute Gasteiger partial charge is 0.416 e. The number of amides is 3. The number of rotatable bonds is 9. The van der Waals surface area contributed by atoms with Crippen molar-refractivity contribution in [1.82, 2.24) is 9.91 Å². The predicted octanol–water partition coefficient (Wildman–Crippen LogP) is 5.76. The van der Waals surface area contributed by atoms with Gasteiger partial charge in [0.25, 0.3) is 0 Å². The molecule has 0 aliphatic carbocycles. The second-order valence-electron chi connectivity index (χ2n) is 8.40. The largest absolute Gasteiger partial charge is 0.494 e. The van der Waals surface area contributed by atoms with Gasteiger partial charge in [0.2, 0.25) is 5.91 Å². The summed E-state index contributed by atoms with van der Waals surface area (Å²) in [6.45, 7) is 6.99. The molecule has 0 aromatic heterocycles. The van der Waals surface area contributed by atoms with E-state index >= 15 is 0 Å². The molecule has 0 saturated carbocycles. The number of alkyl halides is 3. The van der Waals surface area contributed by atoms with E-state index in [1.54, 1.807) is 11.8 Å². The molecule has 1 unspecified atom stereocenters. The van der Waals surface area contributed by atoms with Crippen LogP contribution in [0.4, 0.5) is 23.7 Å². The van der Waals surface area contributed by atoms with E-state index in [9.17, 15) is 22.8 Å². The predicted molar refractivity (Wildman–Crippen MR) is 132 cm³/mol. The van der Waals surface area contributed by atoms with Crippen LogP contribution in [0.3, 0.4) is 0 Å². The Morgan fingerprint density at radius 2 is 1.72 bits per heavy atom. The number of carbonyl (C=O) groups excluding carboxylic acids is 2. The highest BCUT2D eigenvalue weighted by Crippen LogP contribution is 2.30. The van der Waals surface area contributed by atoms with Crippen molar-refractivity contribution in [2.45, 2.75) is 52.3 Å². The third-order valence-electron chi connectivity index (χ3n) is 5.67. The van der Waals surface area contributed by atoms with Crippen molar-refractivity contribution in [3.8, 4) is 5.75 Å². The summed E-state index contributed by atoms with van der Waals surface area (Å²) in [5.74, 6) is 0.658. The number of hydrogen-bond acceptors (Lipinski definition) is 4. The minimum absolute atomic E-state index is 0.0533. The first-order valence-electron chi connectivity index (χ1n) is 12.0. The standard InChI is InChI=1S/C26H31F3N4O3/c1-4-15-32(23(34)6-3)22-17-33(25(35)30-20-11-9-19(10-12-20)26(27,28)29)31-24(22)18-7-13-21(14-8-18)36-16-5-2/h7-14,22H,4-6,15-17H2,1-3H3,(H,30,35). The van der Waals surface area contributed by atoms with Gasteiger partial charge in [-0.15, -0.1) is 0 Å². The SMILES string of the molecule is CCCOc1ccc(C2=NN(C(=O)Nc3ccc(C(F)(F)F)cc3)CC2N(CCC)C(=O)CC)cc1. The average Bonchev–Trinajstić information content (AvgIpc) is 3.31. The van der Waals surface area contributed by atoms with Gasteiger partial charge in [0, 0.05) is 24.2 Å². The maximum Gasteiger partial charge on any atom is 0.416 e. The quantitative estimate of drug-likeness (QED) is 0.472. The van der Waals surface area contributed by atoms with Crippen molar-refractivity contribution in [2.24, 2.45) is 5.10 Å². The van der Waals surface area contributed by atoms with E-state index < -0.39 is 23.8 Å². The average molecular weight is 505 g/mol. The van der Waals surface area contributed by atoms with Crippen molar-refractivity contribution in [2.75, 3.05) is 25.0 Å². The van der Waals surface area contributed by atoms with E-state index in [0.29, 0.717) is 31.0 Å². The molecule has 1 N–H and O–H groups in total. The Labute approximate surface area is 208 Å². The lowest BCUT2D eigenvalue weighted by Gasteiger charge is -2.29. The van der Waals surface area contributed by atoms with E-state index in [2.05, 4.69) is 10.4 Å². The van der Waals surface area contributed by atoms with E-state index in [0.717, 1.165) is 30.5 Å². The highest BCUT2D eigenvalue weighted by atomic mass is 19.4.